The van der Waals surface area contributed by atoms with E-state index in [1.807, 2.05) is 0 Å². The van der Waals surface area contributed by atoms with E-state index in [9.17, 15) is 14.0 Å². The van der Waals surface area contributed by atoms with Crippen molar-refractivity contribution in [3.05, 3.63) is 35.6 Å². The average molecular weight is 297 g/mol. The minimum absolute atomic E-state index is 0.0491. The summed E-state index contributed by atoms with van der Waals surface area (Å²) in [6.45, 7) is 0.719. The van der Waals surface area contributed by atoms with E-state index >= 15 is 0 Å². The van der Waals surface area contributed by atoms with Gasteiger partial charge in [0, 0.05) is 13.0 Å². The molecule has 0 aliphatic carbocycles. The smallest absolute Gasteiger partial charge is 0.303 e. The van der Waals surface area contributed by atoms with Gasteiger partial charge in [-0.3, -0.25) is 9.59 Å². The molecule has 0 atom stereocenters. The third kappa shape index (κ3) is 8.75. The Bertz CT molecular complexity index is 447. The lowest BCUT2D eigenvalue weighted by Crippen LogP contribution is -2.28. The SMILES string of the molecule is O=C(O)CCCCCNC(=O)COCc1ccc(F)cc1. The molecule has 0 unspecified atom stereocenters. The third-order valence-electron chi connectivity index (χ3n) is 2.80. The van der Waals surface area contributed by atoms with Gasteiger partial charge in [0.05, 0.1) is 6.61 Å². The highest BCUT2D eigenvalue weighted by molar-refractivity contribution is 5.77. The maximum atomic E-state index is 12.7. The average Bonchev–Trinajstić information content (AvgIpc) is 2.44. The number of carboxylic acids is 1. The van der Waals surface area contributed by atoms with E-state index in [1.54, 1.807) is 12.1 Å². The first-order valence-corrected chi connectivity index (χ1v) is 6.88. The molecule has 0 saturated carbocycles. The molecule has 0 aliphatic heterocycles. The van der Waals surface area contributed by atoms with Gasteiger partial charge in [0.15, 0.2) is 0 Å². The van der Waals surface area contributed by atoms with E-state index in [4.69, 9.17) is 9.84 Å². The summed E-state index contributed by atoms with van der Waals surface area (Å²) in [6, 6.07) is 5.90. The Morgan fingerprint density at radius 1 is 1.14 bits per heavy atom. The van der Waals surface area contributed by atoms with Crippen LogP contribution in [0.4, 0.5) is 4.39 Å². The molecule has 5 nitrogen and oxygen atoms in total. The second-order valence-electron chi connectivity index (χ2n) is 4.67. The summed E-state index contributed by atoms with van der Waals surface area (Å²) in [5.74, 6) is -1.32. The minimum Gasteiger partial charge on any atom is -0.481 e. The van der Waals surface area contributed by atoms with Crippen molar-refractivity contribution in [3.63, 3.8) is 0 Å². The Morgan fingerprint density at radius 2 is 1.86 bits per heavy atom. The normalized spacial score (nSPS) is 10.3. The Balaban J connectivity index is 2.01. The van der Waals surface area contributed by atoms with E-state index in [2.05, 4.69) is 5.32 Å². The number of rotatable bonds is 10. The molecule has 0 aromatic heterocycles. The largest absolute Gasteiger partial charge is 0.481 e. The van der Waals surface area contributed by atoms with Gasteiger partial charge in [-0.2, -0.15) is 0 Å². The van der Waals surface area contributed by atoms with Gasteiger partial charge in [-0.1, -0.05) is 18.6 Å². The van der Waals surface area contributed by atoms with Crippen molar-refractivity contribution in [2.75, 3.05) is 13.2 Å². The summed E-state index contributed by atoms with van der Waals surface area (Å²) >= 11 is 0. The van der Waals surface area contributed by atoms with Crippen molar-refractivity contribution in [1.29, 1.82) is 0 Å². The van der Waals surface area contributed by atoms with Crippen LogP contribution in [0.5, 0.6) is 0 Å². The number of carboxylic acid groups (broad SMARTS) is 1. The van der Waals surface area contributed by atoms with Crippen LogP contribution in [0.3, 0.4) is 0 Å². The van der Waals surface area contributed by atoms with Crippen molar-refractivity contribution in [2.24, 2.45) is 0 Å². The fourth-order valence-corrected chi connectivity index (χ4v) is 1.70. The molecule has 0 spiro atoms. The van der Waals surface area contributed by atoms with Crippen LogP contribution in [-0.4, -0.2) is 30.1 Å². The zero-order valence-corrected chi connectivity index (χ0v) is 11.8. The molecule has 1 amide bonds. The maximum Gasteiger partial charge on any atom is 0.303 e. The summed E-state index contributed by atoms with van der Waals surface area (Å²) in [6.07, 6.45) is 2.29. The first-order chi connectivity index (χ1) is 10.1. The second-order valence-corrected chi connectivity index (χ2v) is 4.67. The van der Waals surface area contributed by atoms with Crippen LogP contribution in [0.25, 0.3) is 0 Å². The molecule has 0 bridgehead atoms. The van der Waals surface area contributed by atoms with E-state index in [1.165, 1.54) is 12.1 Å². The zero-order chi connectivity index (χ0) is 15.5. The summed E-state index contributed by atoms with van der Waals surface area (Å²) < 4.78 is 17.9. The molecule has 1 rings (SSSR count). The quantitative estimate of drug-likeness (QED) is 0.649. The first-order valence-electron chi connectivity index (χ1n) is 6.88. The van der Waals surface area contributed by atoms with Gasteiger partial charge in [-0.15, -0.1) is 0 Å². The lowest BCUT2D eigenvalue weighted by Gasteiger charge is -2.06. The van der Waals surface area contributed by atoms with Gasteiger partial charge in [0.2, 0.25) is 5.91 Å². The number of nitrogens with one attached hydrogen (secondary N) is 1. The second kappa shape index (κ2) is 9.88. The van der Waals surface area contributed by atoms with Gasteiger partial charge >= 0.3 is 5.97 Å². The predicted molar refractivity (Wildman–Crippen MR) is 75.2 cm³/mol. The highest BCUT2D eigenvalue weighted by atomic mass is 19.1. The van der Waals surface area contributed by atoms with Gasteiger partial charge < -0.3 is 15.2 Å². The molecular weight excluding hydrogens is 277 g/mol. The van der Waals surface area contributed by atoms with E-state index < -0.39 is 5.97 Å². The van der Waals surface area contributed by atoms with Crippen LogP contribution in [0.1, 0.15) is 31.2 Å². The Hall–Kier alpha value is -1.95. The number of amides is 1. The van der Waals surface area contributed by atoms with Crippen molar-refractivity contribution in [3.8, 4) is 0 Å². The molecular formula is C15H20FNO4. The predicted octanol–water partition coefficient (Wildman–Crippen LogP) is 2.10. The van der Waals surface area contributed by atoms with Crippen LogP contribution >= 0.6 is 0 Å². The summed E-state index contributed by atoms with van der Waals surface area (Å²) in [7, 11) is 0. The number of hydrogen-bond donors (Lipinski definition) is 2. The topological polar surface area (TPSA) is 75.6 Å². The molecule has 116 valence electrons. The van der Waals surface area contributed by atoms with Crippen molar-refractivity contribution in [2.45, 2.75) is 32.3 Å². The molecule has 1 aromatic carbocycles. The number of carbonyl (C=O) groups is 2. The van der Waals surface area contributed by atoms with Crippen LogP contribution < -0.4 is 5.32 Å². The number of unbranched alkanes of at least 4 members (excludes halogenated alkanes) is 2. The summed E-state index contributed by atoms with van der Waals surface area (Å²) in [5, 5.41) is 11.2. The zero-order valence-electron chi connectivity index (χ0n) is 11.8. The van der Waals surface area contributed by atoms with Crippen molar-refractivity contribution < 1.29 is 23.8 Å². The van der Waals surface area contributed by atoms with Crippen LogP contribution in [-0.2, 0) is 20.9 Å². The van der Waals surface area contributed by atoms with Gasteiger partial charge in [0.25, 0.3) is 0 Å². The minimum atomic E-state index is -0.798. The monoisotopic (exact) mass is 297 g/mol. The Labute approximate surface area is 123 Å². The lowest BCUT2D eigenvalue weighted by molar-refractivity contribution is -0.137. The molecule has 0 saturated heterocycles. The van der Waals surface area contributed by atoms with Crippen LogP contribution in [0.2, 0.25) is 0 Å². The summed E-state index contributed by atoms with van der Waals surface area (Å²) in [5.41, 5.74) is 0.804. The highest BCUT2D eigenvalue weighted by Gasteiger charge is 2.02. The molecule has 2 N–H and O–H groups in total. The number of ether oxygens (including phenoxy) is 1. The fourth-order valence-electron chi connectivity index (χ4n) is 1.70. The third-order valence-corrected chi connectivity index (χ3v) is 2.80. The molecule has 0 radical (unpaired) electrons. The van der Waals surface area contributed by atoms with Crippen molar-refractivity contribution >= 4 is 11.9 Å². The number of carbonyl (C=O) groups excluding carboxylic acids is 1. The standard InChI is InChI=1S/C15H20FNO4/c16-13-7-5-12(6-8-13)10-21-11-14(18)17-9-3-1-2-4-15(19)20/h5-8H,1-4,9-11H2,(H,17,18)(H,19,20). The Kier molecular flexibility index (Phi) is 8.04. The van der Waals surface area contributed by atoms with E-state index in [0.29, 0.717) is 13.0 Å². The fraction of sp³-hybridized carbons (Fsp3) is 0.467. The highest BCUT2D eigenvalue weighted by Crippen LogP contribution is 2.04. The van der Waals surface area contributed by atoms with Crippen molar-refractivity contribution in [1.82, 2.24) is 5.32 Å². The van der Waals surface area contributed by atoms with E-state index in [0.717, 1.165) is 18.4 Å². The number of halogens is 1. The van der Waals surface area contributed by atoms with Gasteiger partial charge in [-0.25, -0.2) is 4.39 Å². The Morgan fingerprint density at radius 3 is 2.52 bits per heavy atom. The van der Waals surface area contributed by atoms with E-state index in [-0.39, 0.29) is 31.4 Å². The molecule has 0 aliphatic rings. The molecule has 1 aromatic rings. The number of benzene rings is 1. The van der Waals surface area contributed by atoms with Gasteiger partial charge in [-0.05, 0) is 30.5 Å². The summed E-state index contributed by atoms with van der Waals surface area (Å²) in [4.78, 5) is 21.7. The molecule has 0 heterocycles. The molecule has 6 heteroatoms. The molecule has 0 fully saturated rings. The first kappa shape index (κ1) is 17.1. The number of hydrogen-bond acceptors (Lipinski definition) is 3. The van der Waals surface area contributed by atoms with Crippen LogP contribution in [0.15, 0.2) is 24.3 Å². The molecule has 21 heavy (non-hydrogen) atoms. The van der Waals surface area contributed by atoms with Crippen LogP contribution in [0, 0.1) is 5.82 Å². The number of aliphatic carboxylic acids is 1. The lowest BCUT2D eigenvalue weighted by atomic mass is 10.2. The maximum absolute atomic E-state index is 12.7. The van der Waals surface area contributed by atoms with Gasteiger partial charge in [0.1, 0.15) is 12.4 Å².